The molecule has 0 aromatic heterocycles. The van der Waals surface area contributed by atoms with Crippen LogP contribution in [-0.4, -0.2) is 49.7 Å². The van der Waals surface area contributed by atoms with E-state index >= 15 is 0 Å². The molecule has 4 nitrogen and oxygen atoms in total. The average Bonchev–Trinajstić information content (AvgIpc) is 2.43. The van der Waals surface area contributed by atoms with Crippen LogP contribution in [0.2, 0.25) is 0 Å². The number of benzene rings is 1. The van der Waals surface area contributed by atoms with Crippen LogP contribution in [0, 0.1) is 0 Å². The maximum atomic E-state index is 12.0. The summed E-state index contributed by atoms with van der Waals surface area (Å²) in [5.74, 6) is 0.0613. The molecule has 0 saturated carbocycles. The minimum absolute atomic E-state index is 0.0613. The molecule has 0 radical (unpaired) electrons. The third kappa shape index (κ3) is 4.32. The lowest BCUT2D eigenvalue weighted by molar-refractivity contribution is -0.144. The van der Waals surface area contributed by atoms with Crippen LogP contribution in [0.5, 0.6) is 0 Å². The summed E-state index contributed by atoms with van der Waals surface area (Å²) in [6, 6.07) is 10.4. The van der Waals surface area contributed by atoms with E-state index in [1.807, 2.05) is 32.2 Å². The van der Waals surface area contributed by atoms with E-state index in [4.69, 9.17) is 4.74 Å². The van der Waals surface area contributed by atoms with Gasteiger partial charge in [0.1, 0.15) is 6.61 Å². The molecule has 1 heterocycles. The predicted molar refractivity (Wildman–Crippen MR) is 79.6 cm³/mol. The Morgan fingerprint density at radius 1 is 1.35 bits per heavy atom. The topological polar surface area (TPSA) is 41.6 Å². The minimum Gasteiger partial charge on any atom is -0.363 e. The van der Waals surface area contributed by atoms with Gasteiger partial charge in [0.05, 0.1) is 5.60 Å². The fourth-order valence-electron chi connectivity index (χ4n) is 2.22. The largest absolute Gasteiger partial charge is 0.363 e. The van der Waals surface area contributed by atoms with Crippen molar-refractivity contribution in [3.05, 3.63) is 35.9 Å². The fraction of sp³-hybridized carbons (Fsp3) is 0.562. The highest BCUT2D eigenvalue weighted by atomic mass is 16.5. The lowest BCUT2D eigenvalue weighted by Crippen LogP contribution is -2.59. The van der Waals surface area contributed by atoms with E-state index in [2.05, 4.69) is 17.4 Å². The van der Waals surface area contributed by atoms with Gasteiger partial charge >= 0.3 is 0 Å². The zero-order valence-electron chi connectivity index (χ0n) is 12.4. The van der Waals surface area contributed by atoms with Crippen molar-refractivity contribution >= 4 is 5.91 Å². The molecule has 4 heteroatoms. The Kier molecular flexibility index (Phi) is 5.15. The number of nitrogens with one attached hydrogen (secondary N) is 1. The van der Waals surface area contributed by atoms with Gasteiger partial charge in [-0.05, 0) is 25.3 Å². The van der Waals surface area contributed by atoms with Crippen LogP contribution in [0.25, 0.3) is 0 Å². The summed E-state index contributed by atoms with van der Waals surface area (Å²) in [6.45, 7) is 4.65. The van der Waals surface area contributed by atoms with Crippen molar-refractivity contribution in [1.29, 1.82) is 0 Å². The maximum absolute atomic E-state index is 12.0. The highest BCUT2D eigenvalue weighted by molar-refractivity contribution is 5.77. The Hall–Kier alpha value is -1.39. The minimum atomic E-state index is -0.152. The van der Waals surface area contributed by atoms with Crippen molar-refractivity contribution in [3.8, 4) is 0 Å². The van der Waals surface area contributed by atoms with Crippen molar-refractivity contribution in [1.82, 2.24) is 10.2 Å². The summed E-state index contributed by atoms with van der Waals surface area (Å²) >= 11 is 0. The second-order valence-electron chi connectivity index (χ2n) is 5.75. The van der Waals surface area contributed by atoms with Gasteiger partial charge in [0, 0.05) is 26.7 Å². The molecule has 0 spiro atoms. The molecule has 110 valence electrons. The summed E-state index contributed by atoms with van der Waals surface area (Å²) in [6.07, 6.45) is 1.98. The number of hydrogen-bond donors (Lipinski definition) is 1. The Morgan fingerprint density at radius 3 is 2.65 bits per heavy atom. The van der Waals surface area contributed by atoms with Crippen LogP contribution in [0.1, 0.15) is 18.9 Å². The second kappa shape index (κ2) is 6.86. The number of carbonyl (C=O) groups excluding carboxylic acids is 1. The number of ether oxygens (including phenoxy) is 1. The van der Waals surface area contributed by atoms with E-state index in [9.17, 15) is 4.79 Å². The highest BCUT2D eigenvalue weighted by Crippen LogP contribution is 2.15. The van der Waals surface area contributed by atoms with E-state index in [1.165, 1.54) is 5.56 Å². The summed E-state index contributed by atoms with van der Waals surface area (Å²) in [5.41, 5.74) is 1.17. The predicted octanol–water partition coefficient (Wildman–Crippen LogP) is 1.46. The summed E-state index contributed by atoms with van der Waals surface area (Å²) in [4.78, 5) is 13.7. The van der Waals surface area contributed by atoms with Crippen LogP contribution in [0.15, 0.2) is 30.3 Å². The number of carbonyl (C=O) groups is 1. The van der Waals surface area contributed by atoms with Crippen molar-refractivity contribution in [2.75, 3.05) is 33.3 Å². The molecule has 1 aromatic carbocycles. The molecular weight excluding hydrogens is 252 g/mol. The molecule has 0 unspecified atom stereocenters. The first-order chi connectivity index (χ1) is 9.59. The van der Waals surface area contributed by atoms with Crippen LogP contribution in [-0.2, 0) is 16.0 Å². The lowest BCUT2D eigenvalue weighted by atomic mass is 10.0. The number of hydrogen-bond acceptors (Lipinski definition) is 3. The summed E-state index contributed by atoms with van der Waals surface area (Å²) < 4.78 is 5.66. The molecule has 0 aliphatic carbocycles. The zero-order chi connectivity index (χ0) is 14.4. The van der Waals surface area contributed by atoms with E-state index < -0.39 is 0 Å². The number of likely N-dealkylation sites (N-methyl/N-ethyl adjacent to an activating group) is 1. The van der Waals surface area contributed by atoms with Gasteiger partial charge in [0.2, 0.25) is 5.91 Å². The van der Waals surface area contributed by atoms with Crippen molar-refractivity contribution in [2.24, 2.45) is 0 Å². The van der Waals surface area contributed by atoms with Crippen molar-refractivity contribution in [3.63, 3.8) is 0 Å². The van der Waals surface area contributed by atoms with Crippen LogP contribution in [0.3, 0.4) is 0 Å². The highest BCUT2D eigenvalue weighted by Gasteiger charge is 2.33. The van der Waals surface area contributed by atoms with Crippen molar-refractivity contribution in [2.45, 2.75) is 25.4 Å². The third-order valence-corrected chi connectivity index (χ3v) is 3.77. The first kappa shape index (κ1) is 15.0. The normalized spacial score (nSPS) is 16.5. The van der Waals surface area contributed by atoms with E-state index in [-0.39, 0.29) is 18.1 Å². The van der Waals surface area contributed by atoms with Gasteiger partial charge in [-0.15, -0.1) is 0 Å². The quantitative estimate of drug-likeness (QED) is 0.819. The summed E-state index contributed by atoms with van der Waals surface area (Å²) in [5, 5.41) is 3.16. The van der Waals surface area contributed by atoms with Crippen LogP contribution >= 0.6 is 0 Å². The van der Waals surface area contributed by atoms with E-state index in [1.54, 1.807) is 4.90 Å². The Labute approximate surface area is 121 Å². The van der Waals surface area contributed by atoms with E-state index in [0.29, 0.717) is 0 Å². The molecule has 1 saturated heterocycles. The standard InChI is InChI=1S/C16H24N2O2/c1-16(12-17-13-16)20-11-15(19)18(2)10-6-9-14-7-4-3-5-8-14/h3-5,7-8,17H,6,9-13H2,1-2H3. The molecule has 1 amide bonds. The molecule has 0 bridgehead atoms. The Morgan fingerprint density at radius 2 is 2.05 bits per heavy atom. The molecule has 1 aliphatic heterocycles. The maximum Gasteiger partial charge on any atom is 0.248 e. The second-order valence-corrected chi connectivity index (χ2v) is 5.75. The molecule has 20 heavy (non-hydrogen) atoms. The molecule has 1 aliphatic rings. The molecule has 1 N–H and O–H groups in total. The Bertz CT molecular complexity index is 429. The van der Waals surface area contributed by atoms with E-state index in [0.717, 1.165) is 32.5 Å². The zero-order valence-corrected chi connectivity index (χ0v) is 12.4. The first-order valence-corrected chi connectivity index (χ1v) is 7.22. The van der Waals surface area contributed by atoms with Gasteiger partial charge in [0.15, 0.2) is 0 Å². The summed E-state index contributed by atoms with van der Waals surface area (Å²) in [7, 11) is 1.85. The molecular formula is C16H24N2O2. The van der Waals surface area contributed by atoms with Gasteiger partial charge in [-0.2, -0.15) is 0 Å². The van der Waals surface area contributed by atoms with Gasteiger partial charge < -0.3 is 15.0 Å². The smallest absolute Gasteiger partial charge is 0.248 e. The average molecular weight is 276 g/mol. The fourth-order valence-corrected chi connectivity index (χ4v) is 2.22. The van der Waals surface area contributed by atoms with Gasteiger partial charge in [-0.25, -0.2) is 0 Å². The molecule has 0 atom stereocenters. The van der Waals surface area contributed by atoms with Gasteiger partial charge in [0.25, 0.3) is 0 Å². The molecule has 2 rings (SSSR count). The van der Waals surface area contributed by atoms with Gasteiger partial charge in [-0.1, -0.05) is 30.3 Å². The number of nitrogens with zero attached hydrogens (tertiary/aromatic N) is 1. The van der Waals surface area contributed by atoms with Gasteiger partial charge in [-0.3, -0.25) is 4.79 Å². The first-order valence-electron chi connectivity index (χ1n) is 7.22. The van der Waals surface area contributed by atoms with Crippen LogP contribution < -0.4 is 5.32 Å². The monoisotopic (exact) mass is 276 g/mol. The number of aryl methyl sites for hydroxylation is 1. The van der Waals surface area contributed by atoms with Crippen molar-refractivity contribution < 1.29 is 9.53 Å². The number of rotatable bonds is 7. The van der Waals surface area contributed by atoms with Crippen LogP contribution in [0.4, 0.5) is 0 Å². The lowest BCUT2D eigenvalue weighted by Gasteiger charge is -2.39. The Balaban J connectivity index is 1.63. The number of amides is 1. The third-order valence-electron chi connectivity index (χ3n) is 3.77. The SMILES string of the molecule is CN(CCCc1ccccc1)C(=O)COC1(C)CNC1. The molecule has 1 aromatic rings. The molecule has 1 fully saturated rings.